The SMILES string of the molecule is CC(C)(C)c1ccc(-c2ncc3ccccc3c2F)cc1. The molecule has 21 heavy (non-hydrogen) atoms. The third-order valence-electron chi connectivity index (χ3n) is 3.76. The first-order valence-corrected chi connectivity index (χ1v) is 7.11. The molecule has 0 fully saturated rings. The molecule has 0 spiro atoms. The molecule has 0 aliphatic heterocycles. The molecule has 0 aliphatic carbocycles. The summed E-state index contributed by atoms with van der Waals surface area (Å²) in [4.78, 5) is 4.29. The molecular formula is C19H18FN. The maximum absolute atomic E-state index is 14.6. The maximum Gasteiger partial charge on any atom is 0.157 e. The quantitative estimate of drug-likeness (QED) is 0.586. The van der Waals surface area contributed by atoms with Crippen LogP contribution in [0.15, 0.2) is 54.7 Å². The average Bonchev–Trinajstić information content (AvgIpc) is 2.47. The Bertz CT molecular complexity index is 783. The highest BCUT2D eigenvalue weighted by Crippen LogP contribution is 2.29. The smallest absolute Gasteiger partial charge is 0.157 e. The first-order chi connectivity index (χ1) is 9.97. The van der Waals surface area contributed by atoms with Crippen LogP contribution in [0.4, 0.5) is 4.39 Å². The second-order valence-electron chi connectivity index (χ2n) is 6.34. The van der Waals surface area contributed by atoms with Crippen LogP contribution in [0.3, 0.4) is 0 Å². The highest BCUT2D eigenvalue weighted by atomic mass is 19.1. The van der Waals surface area contributed by atoms with Crippen LogP contribution in [0, 0.1) is 5.82 Å². The molecule has 0 unspecified atom stereocenters. The third kappa shape index (κ3) is 2.54. The molecule has 0 saturated heterocycles. The number of aromatic nitrogens is 1. The zero-order valence-electron chi connectivity index (χ0n) is 12.5. The Hall–Kier alpha value is -2.22. The number of halogens is 1. The highest BCUT2D eigenvalue weighted by molar-refractivity contribution is 5.86. The van der Waals surface area contributed by atoms with Gasteiger partial charge in [-0.25, -0.2) is 4.39 Å². The van der Waals surface area contributed by atoms with Gasteiger partial charge >= 0.3 is 0 Å². The molecular weight excluding hydrogens is 261 g/mol. The molecule has 0 bridgehead atoms. The summed E-state index contributed by atoms with van der Waals surface area (Å²) in [6.07, 6.45) is 1.73. The highest BCUT2D eigenvalue weighted by Gasteiger charge is 2.15. The van der Waals surface area contributed by atoms with E-state index < -0.39 is 0 Å². The Kier molecular flexibility index (Phi) is 3.25. The first kappa shape index (κ1) is 13.7. The summed E-state index contributed by atoms with van der Waals surface area (Å²) in [5.41, 5.74) is 2.54. The maximum atomic E-state index is 14.6. The normalized spacial score (nSPS) is 11.8. The number of nitrogens with zero attached hydrogens (tertiary/aromatic N) is 1. The van der Waals surface area contributed by atoms with Crippen molar-refractivity contribution in [1.29, 1.82) is 0 Å². The van der Waals surface area contributed by atoms with E-state index in [0.717, 1.165) is 10.9 Å². The van der Waals surface area contributed by atoms with Crippen molar-refractivity contribution in [2.45, 2.75) is 26.2 Å². The minimum absolute atomic E-state index is 0.0912. The predicted octanol–water partition coefficient (Wildman–Crippen LogP) is 5.34. The van der Waals surface area contributed by atoms with Crippen LogP contribution in [0.1, 0.15) is 26.3 Å². The zero-order chi connectivity index (χ0) is 15.0. The third-order valence-corrected chi connectivity index (χ3v) is 3.76. The minimum atomic E-state index is -0.253. The van der Waals surface area contributed by atoms with E-state index in [4.69, 9.17) is 0 Å². The van der Waals surface area contributed by atoms with Crippen molar-refractivity contribution in [1.82, 2.24) is 4.98 Å². The van der Waals surface area contributed by atoms with E-state index in [1.807, 2.05) is 42.5 Å². The second-order valence-corrected chi connectivity index (χ2v) is 6.34. The predicted molar refractivity (Wildman–Crippen MR) is 85.8 cm³/mol. The molecule has 0 amide bonds. The van der Waals surface area contributed by atoms with Gasteiger partial charge in [0.15, 0.2) is 5.82 Å². The number of pyridine rings is 1. The van der Waals surface area contributed by atoms with E-state index in [0.29, 0.717) is 11.1 Å². The molecule has 0 aliphatic rings. The van der Waals surface area contributed by atoms with Crippen LogP contribution >= 0.6 is 0 Å². The van der Waals surface area contributed by atoms with Crippen LogP contribution in [-0.4, -0.2) is 4.98 Å². The minimum Gasteiger partial charge on any atom is -0.252 e. The van der Waals surface area contributed by atoms with E-state index in [2.05, 4.69) is 25.8 Å². The van der Waals surface area contributed by atoms with Crippen molar-refractivity contribution >= 4 is 10.8 Å². The van der Waals surface area contributed by atoms with Crippen molar-refractivity contribution < 1.29 is 4.39 Å². The molecule has 1 aromatic heterocycles. The molecule has 0 atom stereocenters. The van der Waals surface area contributed by atoms with Gasteiger partial charge in [-0.3, -0.25) is 4.98 Å². The van der Waals surface area contributed by atoms with Gasteiger partial charge in [0.1, 0.15) is 5.69 Å². The van der Waals surface area contributed by atoms with Gasteiger partial charge in [0.2, 0.25) is 0 Å². The summed E-state index contributed by atoms with van der Waals surface area (Å²) in [5, 5.41) is 1.44. The van der Waals surface area contributed by atoms with Gasteiger partial charge in [-0.2, -0.15) is 0 Å². The lowest BCUT2D eigenvalue weighted by molar-refractivity contribution is 0.590. The Labute approximate surface area is 124 Å². The van der Waals surface area contributed by atoms with Gasteiger partial charge in [-0.1, -0.05) is 69.3 Å². The summed E-state index contributed by atoms with van der Waals surface area (Å²) < 4.78 is 14.6. The molecule has 2 heteroatoms. The summed E-state index contributed by atoms with van der Waals surface area (Å²) in [6, 6.07) is 15.4. The van der Waals surface area contributed by atoms with E-state index in [1.165, 1.54) is 5.56 Å². The van der Waals surface area contributed by atoms with Gasteiger partial charge in [-0.05, 0) is 11.0 Å². The standard InChI is InChI=1S/C19H18FN/c1-19(2,3)15-10-8-13(9-11-15)18-17(20)16-7-5-4-6-14(16)12-21-18/h4-12H,1-3H3. The molecule has 106 valence electrons. The molecule has 3 aromatic rings. The Morgan fingerprint density at radius 2 is 1.57 bits per heavy atom. The molecule has 2 aromatic carbocycles. The van der Waals surface area contributed by atoms with Crippen molar-refractivity contribution in [2.24, 2.45) is 0 Å². The molecule has 0 saturated carbocycles. The fourth-order valence-electron chi connectivity index (χ4n) is 2.46. The summed E-state index contributed by atoms with van der Waals surface area (Å²) >= 11 is 0. The van der Waals surface area contributed by atoms with E-state index in [-0.39, 0.29) is 11.2 Å². The first-order valence-electron chi connectivity index (χ1n) is 7.11. The van der Waals surface area contributed by atoms with Crippen LogP contribution < -0.4 is 0 Å². The second kappa shape index (κ2) is 4.96. The van der Waals surface area contributed by atoms with Crippen molar-refractivity contribution in [3.8, 4) is 11.3 Å². The fraction of sp³-hybridized carbons (Fsp3) is 0.211. The molecule has 0 radical (unpaired) electrons. The Balaban J connectivity index is 2.10. The van der Waals surface area contributed by atoms with E-state index in [9.17, 15) is 4.39 Å². The number of fused-ring (bicyclic) bond motifs is 1. The van der Waals surface area contributed by atoms with Gasteiger partial charge in [0, 0.05) is 22.5 Å². The van der Waals surface area contributed by atoms with Crippen molar-refractivity contribution in [3.63, 3.8) is 0 Å². The summed E-state index contributed by atoms with van der Waals surface area (Å²) in [7, 11) is 0. The topological polar surface area (TPSA) is 12.9 Å². The number of hydrogen-bond acceptors (Lipinski definition) is 1. The lowest BCUT2D eigenvalue weighted by Gasteiger charge is -2.19. The van der Waals surface area contributed by atoms with Crippen LogP contribution in [0.25, 0.3) is 22.0 Å². The van der Waals surface area contributed by atoms with E-state index in [1.54, 1.807) is 12.3 Å². The summed E-state index contributed by atoms with van der Waals surface area (Å²) in [5.74, 6) is -0.253. The van der Waals surface area contributed by atoms with E-state index >= 15 is 0 Å². The molecule has 0 N–H and O–H groups in total. The van der Waals surface area contributed by atoms with Crippen molar-refractivity contribution in [2.75, 3.05) is 0 Å². The van der Waals surface area contributed by atoms with Gasteiger partial charge in [0.25, 0.3) is 0 Å². The number of hydrogen-bond donors (Lipinski definition) is 0. The van der Waals surface area contributed by atoms with Crippen LogP contribution in [-0.2, 0) is 5.41 Å². The number of benzene rings is 2. The average molecular weight is 279 g/mol. The van der Waals surface area contributed by atoms with Crippen LogP contribution in [0.2, 0.25) is 0 Å². The van der Waals surface area contributed by atoms with Gasteiger partial charge in [-0.15, -0.1) is 0 Å². The lowest BCUT2D eigenvalue weighted by atomic mass is 9.86. The Morgan fingerprint density at radius 3 is 2.24 bits per heavy atom. The van der Waals surface area contributed by atoms with Crippen LogP contribution in [0.5, 0.6) is 0 Å². The molecule has 1 heterocycles. The zero-order valence-corrected chi connectivity index (χ0v) is 12.5. The van der Waals surface area contributed by atoms with Crippen molar-refractivity contribution in [3.05, 3.63) is 66.1 Å². The molecule has 1 nitrogen and oxygen atoms in total. The fourth-order valence-corrected chi connectivity index (χ4v) is 2.46. The monoisotopic (exact) mass is 279 g/mol. The largest absolute Gasteiger partial charge is 0.252 e. The lowest BCUT2D eigenvalue weighted by Crippen LogP contribution is -2.10. The Morgan fingerprint density at radius 1 is 0.905 bits per heavy atom. The van der Waals surface area contributed by atoms with Gasteiger partial charge in [0.05, 0.1) is 0 Å². The van der Waals surface area contributed by atoms with Gasteiger partial charge < -0.3 is 0 Å². The molecule has 3 rings (SSSR count). The number of rotatable bonds is 1. The summed E-state index contributed by atoms with van der Waals surface area (Å²) in [6.45, 7) is 6.49.